The van der Waals surface area contributed by atoms with Gasteiger partial charge in [-0.3, -0.25) is 0 Å². The first-order chi connectivity index (χ1) is 11.4. The van der Waals surface area contributed by atoms with Gasteiger partial charge in [0.2, 0.25) is 0 Å². The first-order valence-electron chi connectivity index (χ1n) is 8.27. The summed E-state index contributed by atoms with van der Waals surface area (Å²) in [5, 5.41) is 2.73. The molecule has 0 saturated carbocycles. The predicted molar refractivity (Wildman–Crippen MR) is 98.0 cm³/mol. The van der Waals surface area contributed by atoms with E-state index >= 15 is 0 Å². The molecule has 0 unspecified atom stereocenters. The van der Waals surface area contributed by atoms with Gasteiger partial charge >= 0.3 is 6.09 Å². The highest BCUT2D eigenvalue weighted by molar-refractivity contribution is 5.78. The number of nitrogens with one attached hydrogen (secondary N) is 1. The van der Waals surface area contributed by atoms with Crippen molar-refractivity contribution in [1.82, 2.24) is 5.32 Å². The van der Waals surface area contributed by atoms with Crippen molar-refractivity contribution in [1.29, 1.82) is 0 Å². The van der Waals surface area contributed by atoms with Crippen molar-refractivity contribution < 1.29 is 9.53 Å². The Bertz CT molecular complexity index is 785. The smallest absolute Gasteiger partial charge is 0.407 e. The number of amides is 1. The fourth-order valence-corrected chi connectivity index (χ4v) is 2.92. The molecule has 0 saturated heterocycles. The third kappa shape index (κ3) is 3.85. The van der Waals surface area contributed by atoms with E-state index < -0.39 is 11.7 Å². The molecule has 0 fully saturated rings. The van der Waals surface area contributed by atoms with Crippen LogP contribution in [0, 0.1) is 0 Å². The van der Waals surface area contributed by atoms with E-state index in [1.165, 1.54) is 22.3 Å². The van der Waals surface area contributed by atoms with Gasteiger partial charge in [-0.2, -0.15) is 0 Å². The second-order valence-electron chi connectivity index (χ2n) is 7.04. The Labute approximate surface area is 143 Å². The lowest BCUT2D eigenvalue weighted by molar-refractivity contribution is 0.0534. The molecule has 1 amide bonds. The molecule has 3 rings (SSSR count). The van der Waals surface area contributed by atoms with Crippen LogP contribution in [-0.2, 0) is 11.2 Å². The van der Waals surface area contributed by atoms with Crippen molar-refractivity contribution in [2.24, 2.45) is 0 Å². The van der Waals surface area contributed by atoms with Crippen LogP contribution in [0.5, 0.6) is 0 Å². The Balaban J connectivity index is 1.60. The zero-order valence-electron chi connectivity index (χ0n) is 14.4. The van der Waals surface area contributed by atoms with E-state index in [0.29, 0.717) is 6.54 Å². The van der Waals surface area contributed by atoms with Crippen LogP contribution in [0.3, 0.4) is 0 Å². The molecule has 1 N–H and O–H groups in total. The van der Waals surface area contributed by atoms with Crippen LogP contribution in [0.2, 0.25) is 0 Å². The topological polar surface area (TPSA) is 38.3 Å². The molecule has 2 aromatic rings. The third-order valence-electron chi connectivity index (χ3n) is 3.89. The SMILES string of the molecule is CC(C)(C)OC(=O)NCC=Cc1ccc2c(c1)Cc1ccccc1-2. The van der Waals surface area contributed by atoms with Crippen LogP contribution in [0.1, 0.15) is 37.5 Å². The van der Waals surface area contributed by atoms with Gasteiger partial charge in [-0.15, -0.1) is 0 Å². The maximum Gasteiger partial charge on any atom is 0.407 e. The maximum atomic E-state index is 11.6. The van der Waals surface area contributed by atoms with Crippen LogP contribution in [0.25, 0.3) is 17.2 Å². The molecule has 1 aliphatic rings. The minimum atomic E-state index is -0.469. The van der Waals surface area contributed by atoms with Gasteiger partial charge in [0.05, 0.1) is 0 Å². The summed E-state index contributed by atoms with van der Waals surface area (Å²) in [5.41, 5.74) is 6.10. The fraction of sp³-hybridized carbons (Fsp3) is 0.286. The Kier molecular flexibility index (Phi) is 4.43. The van der Waals surface area contributed by atoms with E-state index in [4.69, 9.17) is 4.74 Å². The van der Waals surface area contributed by atoms with Crippen LogP contribution in [0.4, 0.5) is 4.79 Å². The number of fused-ring (bicyclic) bond motifs is 3. The summed E-state index contributed by atoms with van der Waals surface area (Å²) >= 11 is 0. The molecular formula is C21H23NO2. The monoisotopic (exact) mass is 321 g/mol. The average molecular weight is 321 g/mol. The zero-order valence-corrected chi connectivity index (χ0v) is 14.4. The first-order valence-corrected chi connectivity index (χ1v) is 8.27. The molecule has 0 aromatic heterocycles. The van der Waals surface area contributed by atoms with E-state index in [2.05, 4.69) is 47.8 Å². The molecule has 2 aromatic carbocycles. The van der Waals surface area contributed by atoms with Gasteiger partial charge in [0, 0.05) is 6.54 Å². The Morgan fingerprint density at radius 3 is 2.67 bits per heavy atom. The molecule has 0 bridgehead atoms. The minimum absolute atomic E-state index is 0.392. The number of carbonyl (C=O) groups is 1. The van der Waals surface area contributed by atoms with E-state index in [-0.39, 0.29) is 0 Å². The Morgan fingerprint density at radius 2 is 1.88 bits per heavy atom. The highest BCUT2D eigenvalue weighted by Gasteiger charge is 2.17. The van der Waals surface area contributed by atoms with E-state index in [0.717, 1.165) is 12.0 Å². The highest BCUT2D eigenvalue weighted by atomic mass is 16.6. The number of hydrogen-bond acceptors (Lipinski definition) is 2. The van der Waals surface area contributed by atoms with Crippen molar-refractivity contribution in [2.75, 3.05) is 6.54 Å². The van der Waals surface area contributed by atoms with Gasteiger partial charge in [-0.25, -0.2) is 4.79 Å². The molecule has 3 heteroatoms. The maximum absolute atomic E-state index is 11.6. The molecule has 0 atom stereocenters. The Hall–Kier alpha value is -2.55. The molecule has 24 heavy (non-hydrogen) atoms. The molecule has 0 spiro atoms. The van der Waals surface area contributed by atoms with Crippen LogP contribution in [0.15, 0.2) is 48.5 Å². The van der Waals surface area contributed by atoms with Gasteiger partial charge in [-0.05, 0) is 55.0 Å². The summed E-state index contributed by atoms with van der Waals surface area (Å²) < 4.78 is 5.20. The molecule has 0 radical (unpaired) electrons. The molecule has 3 nitrogen and oxygen atoms in total. The quantitative estimate of drug-likeness (QED) is 0.753. The third-order valence-corrected chi connectivity index (χ3v) is 3.89. The molecular weight excluding hydrogens is 298 g/mol. The molecule has 124 valence electrons. The van der Waals surface area contributed by atoms with Gasteiger partial charge in [0.15, 0.2) is 0 Å². The summed E-state index contributed by atoms with van der Waals surface area (Å²) in [6.45, 7) is 6.01. The van der Waals surface area contributed by atoms with Crippen LogP contribution < -0.4 is 5.32 Å². The highest BCUT2D eigenvalue weighted by Crippen LogP contribution is 2.36. The Morgan fingerprint density at radius 1 is 1.12 bits per heavy atom. The second kappa shape index (κ2) is 6.52. The van der Waals surface area contributed by atoms with Gasteiger partial charge in [0.25, 0.3) is 0 Å². The lowest BCUT2D eigenvalue weighted by Gasteiger charge is -2.19. The number of alkyl carbamates (subject to hydrolysis) is 1. The summed E-state index contributed by atoms with van der Waals surface area (Å²) in [6, 6.07) is 15.1. The van der Waals surface area contributed by atoms with Crippen molar-refractivity contribution >= 4 is 12.2 Å². The van der Waals surface area contributed by atoms with Gasteiger partial charge < -0.3 is 10.1 Å². The average Bonchev–Trinajstić information content (AvgIpc) is 2.87. The summed E-state index contributed by atoms with van der Waals surface area (Å²) in [4.78, 5) is 11.6. The predicted octanol–water partition coefficient (Wildman–Crippen LogP) is 4.80. The summed E-state index contributed by atoms with van der Waals surface area (Å²) in [6.07, 6.45) is 4.56. The van der Waals surface area contributed by atoms with Gasteiger partial charge in [-0.1, -0.05) is 54.6 Å². The molecule has 0 heterocycles. The summed E-state index contributed by atoms with van der Waals surface area (Å²) in [7, 11) is 0. The van der Waals surface area contributed by atoms with E-state index in [1.807, 2.05) is 32.9 Å². The normalized spacial score (nSPS) is 12.8. The molecule has 0 aliphatic heterocycles. The lowest BCUT2D eigenvalue weighted by Crippen LogP contribution is -2.32. The van der Waals surface area contributed by atoms with Gasteiger partial charge in [0.1, 0.15) is 5.60 Å². The van der Waals surface area contributed by atoms with Crippen molar-refractivity contribution in [3.05, 3.63) is 65.2 Å². The van der Waals surface area contributed by atoms with Crippen molar-refractivity contribution in [3.8, 4) is 11.1 Å². The van der Waals surface area contributed by atoms with Crippen LogP contribution in [-0.4, -0.2) is 18.2 Å². The standard InChI is InChI=1S/C21H23NO2/c1-21(2,3)24-20(23)22-12-6-7-15-10-11-19-17(13-15)14-16-8-4-5-9-18(16)19/h4-11,13H,12,14H2,1-3H3,(H,22,23). The number of benzene rings is 2. The first kappa shape index (κ1) is 16.3. The van der Waals surface area contributed by atoms with Crippen molar-refractivity contribution in [2.45, 2.75) is 32.8 Å². The van der Waals surface area contributed by atoms with E-state index in [1.54, 1.807) is 0 Å². The molecule has 1 aliphatic carbocycles. The van der Waals surface area contributed by atoms with E-state index in [9.17, 15) is 4.79 Å². The number of rotatable bonds is 3. The van der Waals surface area contributed by atoms with Crippen LogP contribution >= 0.6 is 0 Å². The number of ether oxygens (including phenoxy) is 1. The summed E-state index contributed by atoms with van der Waals surface area (Å²) in [5.74, 6) is 0. The largest absolute Gasteiger partial charge is 0.444 e. The number of hydrogen-bond donors (Lipinski definition) is 1. The lowest BCUT2D eigenvalue weighted by atomic mass is 10.0. The number of carbonyl (C=O) groups excluding carboxylic acids is 1. The second-order valence-corrected chi connectivity index (χ2v) is 7.04. The minimum Gasteiger partial charge on any atom is -0.444 e. The van der Waals surface area contributed by atoms with Crippen molar-refractivity contribution in [3.63, 3.8) is 0 Å². The fourth-order valence-electron chi connectivity index (χ4n) is 2.92. The zero-order chi connectivity index (χ0) is 17.2.